The molecule has 0 atom stereocenters. The van der Waals surface area contributed by atoms with Crippen LogP contribution in [0.2, 0.25) is 0 Å². The predicted octanol–water partition coefficient (Wildman–Crippen LogP) is 1.66. The Morgan fingerprint density at radius 3 is 2.84 bits per heavy atom. The summed E-state index contributed by atoms with van der Waals surface area (Å²) in [6.07, 6.45) is 6.47. The number of aromatic nitrogens is 4. The maximum Gasteiger partial charge on any atom is 0.327 e. The molecule has 2 aromatic heterocycles. The first-order valence-electron chi connectivity index (χ1n) is 9.28. The number of aromatic amines is 1. The topological polar surface area (TPSA) is 111 Å². The van der Waals surface area contributed by atoms with Gasteiger partial charge in [0.2, 0.25) is 0 Å². The second kappa shape index (κ2) is 8.33. The molecule has 0 aliphatic carbocycles. The van der Waals surface area contributed by atoms with E-state index in [9.17, 15) is 4.79 Å². The van der Waals surface area contributed by atoms with E-state index in [-0.39, 0.29) is 17.5 Å². The van der Waals surface area contributed by atoms with E-state index in [0.29, 0.717) is 24.3 Å². The Balaban J connectivity index is 1.72. The standard InChI is InChI=1S/C17H28N6O2/c1-2-3-11-25-16-21-14(18)13-15(22-16)23(17(24)20-13)10-4-5-12-6-8-19-9-7-12/h12,19H,2-11H2,1H3,(H,20,24)(H2,18,21,22). The Labute approximate surface area is 147 Å². The Kier molecular flexibility index (Phi) is 5.91. The van der Waals surface area contributed by atoms with Gasteiger partial charge in [0.15, 0.2) is 11.5 Å². The summed E-state index contributed by atoms with van der Waals surface area (Å²) in [7, 11) is 0. The molecule has 25 heavy (non-hydrogen) atoms. The monoisotopic (exact) mass is 348 g/mol. The number of fused-ring (bicyclic) bond motifs is 1. The average molecular weight is 348 g/mol. The number of unbranched alkanes of at least 4 members (excludes halogenated alkanes) is 1. The molecular formula is C17H28N6O2. The fraction of sp³-hybridized carbons (Fsp3) is 0.706. The molecule has 3 heterocycles. The number of hydrogen-bond donors (Lipinski definition) is 3. The fourth-order valence-electron chi connectivity index (χ4n) is 3.32. The molecule has 1 aliphatic rings. The minimum atomic E-state index is -0.188. The van der Waals surface area contributed by atoms with Crippen molar-refractivity contribution >= 4 is 17.0 Å². The second-order valence-electron chi connectivity index (χ2n) is 6.71. The number of anilines is 1. The lowest BCUT2D eigenvalue weighted by Gasteiger charge is -2.22. The van der Waals surface area contributed by atoms with E-state index in [1.54, 1.807) is 4.57 Å². The third-order valence-corrected chi connectivity index (χ3v) is 4.81. The zero-order chi connectivity index (χ0) is 17.6. The summed E-state index contributed by atoms with van der Waals surface area (Å²) in [5, 5.41) is 3.38. The van der Waals surface area contributed by atoms with Gasteiger partial charge in [-0.1, -0.05) is 13.3 Å². The first kappa shape index (κ1) is 17.7. The molecule has 2 aromatic rings. The summed E-state index contributed by atoms with van der Waals surface area (Å²) in [6, 6.07) is 0.240. The first-order chi connectivity index (χ1) is 12.2. The van der Waals surface area contributed by atoms with Crippen LogP contribution in [-0.2, 0) is 6.54 Å². The normalized spacial score (nSPS) is 15.7. The van der Waals surface area contributed by atoms with Gasteiger partial charge in [-0.05, 0) is 51.1 Å². The van der Waals surface area contributed by atoms with Crippen LogP contribution in [0, 0.1) is 5.92 Å². The quantitative estimate of drug-likeness (QED) is 0.626. The third kappa shape index (κ3) is 4.31. The van der Waals surface area contributed by atoms with Crippen LogP contribution in [0.5, 0.6) is 6.01 Å². The summed E-state index contributed by atoms with van der Waals surface area (Å²) < 4.78 is 7.21. The van der Waals surface area contributed by atoms with E-state index < -0.39 is 0 Å². The van der Waals surface area contributed by atoms with E-state index in [2.05, 4.69) is 27.2 Å². The molecule has 1 aliphatic heterocycles. The molecule has 3 rings (SSSR count). The van der Waals surface area contributed by atoms with Crippen molar-refractivity contribution < 1.29 is 4.74 Å². The average Bonchev–Trinajstić information content (AvgIpc) is 2.93. The molecule has 0 unspecified atom stereocenters. The minimum absolute atomic E-state index is 0.188. The Morgan fingerprint density at radius 2 is 2.08 bits per heavy atom. The van der Waals surface area contributed by atoms with Crippen LogP contribution >= 0.6 is 0 Å². The first-order valence-corrected chi connectivity index (χ1v) is 9.28. The van der Waals surface area contributed by atoms with Gasteiger partial charge in [0.1, 0.15) is 5.52 Å². The molecule has 138 valence electrons. The van der Waals surface area contributed by atoms with Gasteiger partial charge in [-0.2, -0.15) is 9.97 Å². The van der Waals surface area contributed by atoms with E-state index in [1.165, 1.54) is 12.8 Å². The van der Waals surface area contributed by atoms with Crippen LogP contribution in [0.15, 0.2) is 4.79 Å². The molecule has 0 spiro atoms. The maximum atomic E-state index is 12.3. The lowest BCUT2D eigenvalue weighted by Crippen LogP contribution is -2.28. The van der Waals surface area contributed by atoms with Crippen LogP contribution in [0.1, 0.15) is 45.4 Å². The number of nitrogens with one attached hydrogen (secondary N) is 2. The summed E-state index contributed by atoms with van der Waals surface area (Å²) in [4.78, 5) is 23.6. The van der Waals surface area contributed by atoms with E-state index >= 15 is 0 Å². The van der Waals surface area contributed by atoms with Crippen LogP contribution < -0.4 is 21.5 Å². The van der Waals surface area contributed by atoms with Crippen molar-refractivity contribution in [1.29, 1.82) is 0 Å². The summed E-state index contributed by atoms with van der Waals surface area (Å²) in [6.45, 7) is 5.47. The molecular weight excluding hydrogens is 320 g/mol. The SMILES string of the molecule is CCCCOc1nc(N)c2[nH]c(=O)n(CCCC3CCNCC3)c2n1. The summed E-state index contributed by atoms with van der Waals surface area (Å²) in [5.41, 5.74) is 6.81. The van der Waals surface area contributed by atoms with E-state index in [0.717, 1.165) is 44.7 Å². The molecule has 0 saturated carbocycles. The molecule has 1 fully saturated rings. The number of nitrogen functional groups attached to an aromatic ring is 1. The summed E-state index contributed by atoms with van der Waals surface area (Å²) >= 11 is 0. The molecule has 4 N–H and O–H groups in total. The van der Waals surface area contributed by atoms with Gasteiger partial charge >= 0.3 is 11.7 Å². The molecule has 8 nitrogen and oxygen atoms in total. The highest BCUT2D eigenvalue weighted by molar-refractivity contribution is 5.81. The second-order valence-corrected chi connectivity index (χ2v) is 6.71. The van der Waals surface area contributed by atoms with Crippen molar-refractivity contribution in [2.45, 2.75) is 52.0 Å². The van der Waals surface area contributed by atoms with Gasteiger partial charge in [-0.3, -0.25) is 4.57 Å². The van der Waals surface area contributed by atoms with Crippen LogP contribution in [0.3, 0.4) is 0 Å². The number of nitrogens with zero attached hydrogens (tertiary/aromatic N) is 3. The maximum absolute atomic E-state index is 12.3. The lowest BCUT2D eigenvalue weighted by atomic mass is 9.93. The van der Waals surface area contributed by atoms with Crippen LogP contribution in [-0.4, -0.2) is 39.2 Å². The Morgan fingerprint density at radius 1 is 1.28 bits per heavy atom. The number of hydrogen-bond acceptors (Lipinski definition) is 6. The Hall–Kier alpha value is -2.09. The zero-order valence-electron chi connectivity index (χ0n) is 14.9. The molecule has 0 bridgehead atoms. The molecule has 0 amide bonds. The number of aryl methyl sites for hydroxylation is 1. The highest BCUT2D eigenvalue weighted by atomic mass is 16.5. The fourth-order valence-corrected chi connectivity index (χ4v) is 3.32. The highest BCUT2D eigenvalue weighted by Crippen LogP contribution is 2.20. The largest absolute Gasteiger partial charge is 0.463 e. The van der Waals surface area contributed by atoms with Gasteiger partial charge in [0.05, 0.1) is 6.61 Å². The minimum Gasteiger partial charge on any atom is -0.463 e. The Bertz CT molecular complexity index is 747. The van der Waals surface area contributed by atoms with Gasteiger partial charge < -0.3 is 20.8 Å². The highest BCUT2D eigenvalue weighted by Gasteiger charge is 2.16. The number of piperidine rings is 1. The van der Waals surface area contributed by atoms with Crippen LogP contribution in [0.4, 0.5) is 5.82 Å². The summed E-state index contributed by atoms with van der Waals surface area (Å²) in [5.74, 6) is 1.00. The van der Waals surface area contributed by atoms with Crippen molar-refractivity contribution in [3.05, 3.63) is 10.5 Å². The van der Waals surface area contributed by atoms with Crippen molar-refractivity contribution in [2.75, 3.05) is 25.4 Å². The van der Waals surface area contributed by atoms with Gasteiger partial charge in [0.25, 0.3) is 0 Å². The number of rotatable bonds is 8. The number of H-pyrrole nitrogens is 1. The number of ether oxygens (including phenoxy) is 1. The lowest BCUT2D eigenvalue weighted by molar-refractivity contribution is 0.286. The van der Waals surface area contributed by atoms with E-state index in [4.69, 9.17) is 10.5 Å². The zero-order valence-corrected chi connectivity index (χ0v) is 14.9. The van der Waals surface area contributed by atoms with Crippen molar-refractivity contribution in [2.24, 2.45) is 5.92 Å². The van der Waals surface area contributed by atoms with Crippen molar-refractivity contribution in [3.63, 3.8) is 0 Å². The van der Waals surface area contributed by atoms with Crippen molar-refractivity contribution in [3.8, 4) is 6.01 Å². The molecule has 0 radical (unpaired) electrons. The van der Waals surface area contributed by atoms with Gasteiger partial charge in [-0.25, -0.2) is 4.79 Å². The smallest absolute Gasteiger partial charge is 0.327 e. The van der Waals surface area contributed by atoms with Crippen molar-refractivity contribution in [1.82, 2.24) is 24.8 Å². The molecule has 1 saturated heterocycles. The third-order valence-electron chi connectivity index (χ3n) is 4.81. The van der Waals surface area contributed by atoms with Crippen LogP contribution in [0.25, 0.3) is 11.2 Å². The molecule has 0 aromatic carbocycles. The predicted molar refractivity (Wildman–Crippen MR) is 97.8 cm³/mol. The molecule has 8 heteroatoms. The van der Waals surface area contributed by atoms with E-state index in [1.807, 2.05) is 0 Å². The van der Waals surface area contributed by atoms with Gasteiger partial charge in [-0.15, -0.1) is 0 Å². The number of nitrogens with two attached hydrogens (primary N) is 1. The van der Waals surface area contributed by atoms with Gasteiger partial charge in [0, 0.05) is 6.54 Å². The number of imidazole rings is 1.